The molecule has 1 N–H and O–H groups in total. The average Bonchev–Trinajstić information content (AvgIpc) is 3.01. The van der Waals surface area contributed by atoms with Crippen LogP contribution in [0.25, 0.3) is 0 Å². The number of nitrogens with one attached hydrogen (secondary N) is 1. The van der Waals surface area contributed by atoms with Gasteiger partial charge in [-0.05, 0) is 37.5 Å². The molecule has 2 heterocycles. The third-order valence-corrected chi connectivity index (χ3v) is 3.69. The smallest absolute Gasteiger partial charge is 0.148 e. The van der Waals surface area contributed by atoms with Gasteiger partial charge in [-0.25, -0.2) is 4.39 Å². The van der Waals surface area contributed by atoms with Crippen molar-refractivity contribution in [1.29, 1.82) is 0 Å². The fraction of sp³-hybridized carbons (Fsp3) is 0.571. The van der Waals surface area contributed by atoms with Crippen LogP contribution in [0.3, 0.4) is 0 Å². The second kappa shape index (κ2) is 5.14. The van der Waals surface area contributed by atoms with Gasteiger partial charge in [-0.1, -0.05) is 0 Å². The van der Waals surface area contributed by atoms with Crippen LogP contribution in [-0.4, -0.2) is 32.3 Å². The van der Waals surface area contributed by atoms with Crippen LogP contribution in [0.4, 0.5) is 15.8 Å². The number of hydrogen-bond donors (Lipinski definition) is 1. The second-order valence-corrected chi connectivity index (χ2v) is 5.07. The molecule has 2 aliphatic heterocycles. The molecule has 1 aromatic carbocycles. The highest BCUT2D eigenvalue weighted by molar-refractivity contribution is 5.57. The van der Waals surface area contributed by atoms with E-state index >= 15 is 0 Å². The molecule has 0 aromatic heterocycles. The molecule has 3 nitrogen and oxygen atoms in total. The van der Waals surface area contributed by atoms with Crippen molar-refractivity contribution in [1.82, 2.24) is 0 Å². The third kappa shape index (κ3) is 2.43. The lowest BCUT2D eigenvalue weighted by Crippen LogP contribution is -2.21. The molecular weight excluding hydrogens is 231 g/mol. The SMILES string of the molecule is Fc1cc(NC2CCOC2)ccc1N1CCCC1. The van der Waals surface area contributed by atoms with E-state index in [-0.39, 0.29) is 5.82 Å². The van der Waals surface area contributed by atoms with Gasteiger partial charge in [-0.3, -0.25) is 0 Å². The van der Waals surface area contributed by atoms with E-state index in [1.807, 2.05) is 12.1 Å². The van der Waals surface area contributed by atoms with Crippen molar-refractivity contribution >= 4 is 11.4 Å². The van der Waals surface area contributed by atoms with Crippen molar-refractivity contribution < 1.29 is 9.13 Å². The van der Waals surface area contributed by atoms with E-state index in [0.717, 1.165) is 44.1 Å². The topological polar surface area (TPSA) is 24.5 Å². The summed E-state index contributed by atoms with van der Waals surface area (Å²) < 4.78 is 19.4. The molecule has 18 heavy (non-hydrogen) atoms. The number of rotatable bonds is 3. The van der Waals surface area contributed by atoms with Crippen molar-refractivity contribution in [3.05, 3.63) is 24.0 Å². The molecule has 2 aliphatic rings. The average molecular weight is 250 g/mol. The highest BCUT2D eigenvalue weighted by Gasteiger charge is 2.18. The Hall–Kier alpha value is -1.29. The first-order valence-corrected chi connectivity index (χ1v) is 6.72. The molecule has 0 aliphatic carbocycles. The van der Waals surface area contributed by atoms with Crippen LogP contribution < -0.4 is 10.2 Å². The molecule has 0 amide bonds. The van der Waals surface area contributed by atoms with Crippen LogP contribution in [0, 0.1) is 5.82 Å². The maximum Gasteiger partial charge on any atom is 0.148 e. The van der Waals surface area contributed by atoms with Crippen LogP contribution in [0.15, 0.2) is 18.2 Å². The zero-order valence-electron chi connectivity index (χ0n) is 10.5. The lowest BCUT2D eigenvalue weighted by molar-refractivity contribution is 0.195. The van der Waals surface area contributed by atoms with Crippen LogP contribution in [-0.2, 0) is 4.74 Å². The Kier molecular flexibility index (Phi) is 3.37. The van der Waals surface area contributed by atoms with E-state index in [0.29, 0.717) is 6.04 Å². The molecule has 0 bridgehead atoms. The Morgan fingerprint density at radius 2 is 2.11 bits per heavy atom. The first-order valence-electron chi connectivity index (χ1n) is 6.72. The first-order chi connectivity index (χ1) is 8.83. The molecule has 98 valence electrons. The van der Waals surface area contributed by atoms with Gasteiger partial charge in [0.2, 0.25) is 0 Å². The summed E-state index contributed by atoms with van der Waals surface area (Å²) in [5.41, 5.74) is 1.59. The predicted molar refractivity (Wildman–Crippen MR) is 70.7 cm³/mol. The largest absolute Gasteiger partial charge is 0.380 e. The number of ether oxygens (including phenoxy) is 1. The van der Waals surface area contributed by atoms with Gasteiger partial charge >= 0.3 is 0 Å². The summed E-state index contributed by atoms with van der Waals surface area (Å²) in [7, 11) is 0. The molecule has 2 saturated heterocycles. The Morgan fingerprint density at radius 1 is 1.28 bits per heavy atom. The standard InChI is InChI=1S/C14H19FN2O/c15-13-9-11(16-12-5-8-18-10-12)3-4-14(13)17-6-1-2-7-17/h3-4,9,12,16H,1-2,5-8,10H2. The zero-order valence-corrected chi connectivity index (χ0v) is 10.5. The van der Waals surface area contributed by atoms with Crippen molar-refractivity contribution in [3.63, 3.8) is 0 Å². The first kappa shape index (κ1) is 11.8. The van der Waals surface area contributed by atoms with Gasteiger partial charge in [0.1, 0.15) is 5.82 Å². The summed E-state index contributed by atoms with van der Waals surface area (Å²) in [5.74, 6) is -0.124. The molecule has 2 fully saturated rings. The summed E-state index contributed by atoms with van der Waals surface area (Å²) in [5, 5.41) is 3.32. The minimum atomic E-state index is -0.124. The number of hydrogen-bond acceptors (Lipinski definition) is 3. The highest BCUT2D eigenvalue weighted by atomic mass is 19.1. The number of halogens is 1. The molecular formula is C14H19FN2O. The summed E-state index contributed by atoms with van der Waals surface area (Å²) in [6.45, 7) is 3.46. The van der Waals surface area contributed by atoms with Crippen LogP contribution in [0.2, 0.25) is 0 Å². The quantitative estimate of drug-likeness (QED) is 0.892. The normalized spacial score (nSPS) is 23.6. The lowest BCUT2D eigenvalue weighted by Gasteiger charge is -2.19. The molecule has 0 spiro atoms. The predicted octanol–water partition coefficient (Wildman–Crippen LogP) is 2.63. The zero-order chi connectivity index (χ0) is 12.4. The number of benzene rings is 1. The maximum atomic E-state index is 14.1. The molecule has 1 aromatic rings. The van der Waals surface area contributed by atoms with Crippen molar-refractivity contribution in [2.45, 2.75) is 25.3 Å². The summed E-state index contributed by atoms with van der Waals surface area (Å²) in [6, 6.07) is 5.78. The summed E-state index contributed by atoms with van der Waals surface area (Å²) in [6.07, 6.45) is 3.33. The lowest BCUT2D eigenvalue weighted by atomic mass is 10.2. The maximum absolute atomic E-state index is 14.1. The molecule has 0 radical (unpaired) electrons. The summed E-state index contributed by atoms with van der Waals surface area (Å²) >= 11 is 0. The van der Waals surface area contributed by atoms with Crippen molar-refractivity contribution in [3.8, 4) is 0 Å². The molecule has 4 heteroatoms. The van der Waals surface area contributed by atoms with Gasteiger partial charge in [-0.2, -0.15) is 0 Å². The van der Waals surface area contributed by atoms with Gasteiger partial charge < -0.3 is 15.0 Å². The Bertz CT molecular complexity index is 412. The van der Waals surface area contributed by atoms with Gasteiger partial charge in [-0.15, -0.1) is 0 Å². The van der Waals surface area contributed by atoms with E-state index in [1.54, 1.807) is 6.07 Å². The third-order valence-electron chi connectivity index (χ3n) is 3.69. The van der Waals surface area contributed by atoms with Gasteiger partial charge in [0.15, 0.2) is 0 Å². The Labute approximate surface area is 107 Å². The number of nitrogens with zero attached hydrogens (tertiary/aromatic N) is 1. The Morgan fingerprint density at radius 3 is 2.78 bits per heavy atom. The summed E-state index contributed by atoms with van der Waals surface area (Å²) in [4.78, 5) is 2.12. The van der Waals surface area contributed by atoms with Crippen molar-refractivity contribution in [2.24, 2.45) is 0 Å². The van der Waals surface area contributed by atoms with E-state index in [4.69, 9.17) is 4.74 Å². The molecule has 1 unspecified atom stereocenters. The Balaban J connectivity index is 1.71. The van der Waals surface area contributed by atoms with E-state index in [2.05, 4.69) is 10.2 Å². The van der Waals surface area contributed by atoms with E-state index in [1.165, 1.54) is 12.8 Å². The minimum absolute atomic E-state index is 0.124. The van der Waals surface area contributed by atoms with Gasteiger partial charge in [0.25, 0.3) is 0 Å². The van der Waals surface area contributed by atoms with Gasteiger partial charge in [0, 0.05) is 25.4 Å². The monoisotopic (exact) mass is 250 g/mol. The van der Waals surface area contributed by atoms with Gasteiger partial charge in [0.05, 0.1) is 18.3 Å². The van der Waals surface area contributed by atoms with Crippen LogP contribution in [0.1, 0.15) is 19.3 Å². The fourth-order valence-corrected chi connectivity index (χ4v) is 2.70. The number of anilines is 2. The molecule has 1 atom stereocenters. The highest BCUT2D eigenvalue weighted by Crippen LogP contribution is 2.26. The fourth-order valence-electron chi connectivity index (χ4n) is 2.70. The van der Waals surface area contributed by atoms with Crippen LogP contribution >= 0.6 is 0 Å². The van der Waals surface area contributed by atoms with Crippen LogP contribution in [0.5, 0.6) is 0 Å². The van der Waals surface area contributed by atoms with Crippen molar-refractivity contribution in [2.75, 3.05) is 36.5 Å². The van der Waals surface area contributed by atoms with E-state index < -0.39 is 0 Å². The molecule has 0 saturated carbocycles. The second-order valence-electron chi connectivity index (χ2n) is 5.07. The van der Waals surface area contributed by atoms with E-state index in [9.17, 15) is 4.39 Å². The minimum Gasteiger partial charge on any atom is -0.380 e. The molecule has 3 rings (SSSR count).